The Morgan fingerprint density at radius 2 is 2.00 bits per heavy atom. The Bertz CT molecular complexity index is 201. The largest absolute Gasteiger partial charge is 0.481 e. The molecule has 3 heteroatoms. The van der Waals surface area contributed by atoms with E-state index in [1.165, 1.54) is 0 Å². The van der Waals surface area contributed by atoms with Crippen molar-refractivity contribution < 1.29 is 9.90 Å². The molecule has 0 bridgehead atoms. The van der Waals surface area contributed by atoms with Gasteiger partial charge in [-0.1, -0.05) is 0 Å². The lowest BCUT2D eigenvalue weighted by molar-refractivity contribution is -0.151. The highest BCUT2D eigenvalue weighted by Crippen LogP contribution is 2.35. The van der Waals surface area contributed by atoms with Crippen LogP contribution < -0.4 is 5.32 Å². The highest BCUT2D eigenvalue weighted by Gasteiger charge is 2.41. The molecule has 0 aromatic rings. The Kier molecular flexibility index (Phi) is 2.17. The van der Waals surface area contributed by atoms with E-state index in [1.807, 2.05) is 20.8 Å². The number of carbonyl (C=O) groups is 1. The van der Waals surface area contributed by atoms with E-state index in [9.17, 15) is 4.79 Å². The number of carboxylic acid groups (broad SMARTS) is 1. The van der Waals surface area contributed by atoms with Crippen LogP contribution in [0.15, 0.2) is 0 Å². The summed E-state index contributed by atoms with van der Waals surface area (Å²) in [4.78, 5) is 10.9. The van der Waals surface area contributed by atoms with Gasteiger partial charge in [-0.05, 0) is 40.2 Å². The monoisotopic (exact) mass is 171 g/mol. The van der Waals surface area contributed by atoms with Gasteiger partial charge in [0, 0.05) is 5.54 Å². The number of aliphatic carboxylic acids is 1. The molecule has 0 spiro atoms. The van der Waals surface area contributed by atoms with Gasteiger partial charge in [0.05, 0.1) is 5.41 Å². The molecular weight excluding hydrogens is 154 g/mol. The molecule has 1 atom stereocenters. The van der Waals surface area contributed by atoms with Crippen LogP contribution in [0, 0.1) is 5.41 Å². The normalized spacial score (nSPS) is 34.6. The summed E-state index contributed by atoms with van der Waals surface area (Å²) < 4.78 is 0. The zero-order chi connectivity index (χ0) is 9.41. The first-order chi connectivity index (χ1) is 5.36. The topological polar surface area (TPSA) is 49.3 Å². The molecule has 1 saturated heterocycles. The minimum absolute atomic E-state index is 0.0363. The highest BCUT2D eigenvalue weighted by molar-refractivity contribution is 5.74. The highest BCUT2D eigenvalue weighted by atomic mass is 16.4. The van der Waals surface area contributed by atoms with Gasteiger partial charge in [0.1, 0.15) is 0 Å². The molecule has 1 aliphatic heterocycles. The average Bonchev–Trinajstić information content (AvgIpc) is 1.83. The third kappa shape index (κ3) is 1.78. The molecule has 70 valence electrons. The smallest absolute Gasteiger partial charge is 0.309 e. The van der Waals surface area contributed by atoms with Gasteiger partial charge < -0.3 is 10.4 Å². The predicted octanol–water partition coefficient (Wildman–Crippen LogP) is 1.24. The van der Waals surface area contributed by atoms with Crippen LogP contribution in [-0.4, -0.2) is 23.2 Å². The molecular formula is C9H17NO2. The molecule has 1 rings (SSSR count). The van der Waals surface area contributed by atoms with E-state index in [4.69, 9.17) is 5.11 Å². The first-order valence-corrected chi connectivity index (χ1v) is 4.34. The number of rotatable bonds is 1. The van der Waals surface area contributed by atoms with Crippen molar-refractivity contribution in [2.45, 2.75) is 39.2 Å². The summed E-state index contributed by atoms with van der Waals surface area (Å²) in [5, 5.41) is 12.3. The van der Waals surface area contributed by atoms with E-state index in [2.05, 4.69) is 5.32 Å². The fourth-order valence-corrected chi connectivity index (χ4v) is 1.99. The van der Waals surface area contributed by atoms with Crippen molar-refractivity contribution in [3.8, 4) is 0 Å². The van der Waals surface area contributed by atoms with Gasteiger partial charge in [0.25, 0.3) is 0 Å². The van der Waals surface area contributed by atoms with E-state index < -0.39 is 11.4 Å². The summed E-state index contributed by atoms with van der Waals surface area (Å²) in [5.74, 6) is -0.669. The van der Waals surface area contributed by atoms with Gasteiger partial charge >= 0.3 is 5.97 Å². The summed E-state index contributed by atoms with van der Waals surface area (Å²) in [6, 6.07) is 0. The van der Waals surface area contributed by atoms with E-state index in [0.29, 0.717) is 6.42 Å². The molecule has 0 radical (unpaired) electrons. The van der Waals surface area contributed by atoms with Crippen LogP contribution in [0.1, 0.15) is 33.6 Å². The molecule has 0 saturated carbocycles. The first-order valence-electron chi connectivity index (χ1n) is 4.34. The number of piperidine rings is 1. The molecule has 1 fully saturated rings. The zero-order valence-electron chi connectivity index (χ0n) is 7.98. The Balaban J connectivity index is 2.74. The Labute approximate surface area is 73.2 Å². The van der Waals surface area contributed by atoms with Gasteiger partial charge in [-0.3, -0.25) is 4.79 Å². The van der Waals surface area contributed by atoms with E-state index in [0.717, 1.165) is 13.0 Å². The standard InChI is InChI=1S/C9H17NO2/c1-8(2)6-9(3,7(11)12)4-5-10-8/h10H,4-6H2,1-3H3,(H,11,12). The van der Waals surface area contributed by atoms with E-state index in [1.54, 1.807) is 0 Å². The summed E-state index contributed by atoms with van der Waals surface area (Å²) in [5.41, 5.74) is -0.569. The molecule has 1 aliphatic rings. The van der Waals surface area contributed by atoms with Crippen LogP contribution in [0.25, 0.3) is 0 Å². The zero-order valence-corrected chi connectivity index (χ0v) is 7.98. The maximum Gasteiger partial charge on any atom is 0.309 e. The lowest BCUT2D eigenvalue weighted by atomic mass is 9.73. The maximum atomic E-state index is 10.9. The third-order valence-electron chi connectivity index (χ3n) is 2.63. The second kappa shape index (κ2) is 2.73. The van der Waals surface area contributed by atoms with Gasteiger partial charge in [-0.25, -0.2) is 0 Å². The van der Waals surface area contributed by atoms with Crippen LogP contribution in [0.2, 0.25) is 0 Å². The molecule has 0 aromatic carbocycles. The van der Waals surface area contributed by atoms with Crippen molar-refractivity contribution in [2.24, 2.45) is 5.41 Å². The van der Waals surface area contributed by atoms with Crippen molar-refractivity contribution in [3.05, 3.63) is 0 Å². The number of carboxylic acids is 1. The summed E-state index contributed by atoms with van der Waals surface area (Å²) in [6.07, 6.45) is 1.43. The lowest BCUT2D eigenvalue weighted by Crippen LogP contribution is -2.52. The second-order valence-corrected chi connectivity index (χ2v) is 4.60. The molecule has 0 amide bonds. The minimum Gasteiger partial charge on any atom is -0.481 e. The Hall–Kier alpha value is -0.570. The van der Waals surface area contributed by atoms with Crippen LogP contribution in [-0.2, 0) is 4.79 Å². The predicted molar refractivity (Wildman–Crippen MR) is 47.1 cm³/mol. The fraction of sp³-hybridized carbons (Fsp3) is 0.889. The summed E-state index contributed by atoms with van der Waals surface area (Å²) in [7, 11) is 0. The number of hydrogen-bond donors (Lipinski definition) is 2. The van der Waals surface area contributed by atoms with Crippen molar-refractivity contribution in [1.29, 1.82) is 0 Å². The molecule has 3 nitrogen and oxygen atoms in total. The van der Waals surface area contributed by atoms with Crippen molar-refractivity contribution in [1.82, 2.24) is 5.32 Å². The molecule has 1 heterocycles. The SMILES string of the molecule is CC1(C)CC(C)(C(=O)O)CCN1. The summed E-state index contributed by atoms with van der Waals surface area (Å²) in [6.45, 7) is 6.73. The summed E-state index contributed by atoms with van der Waals surface area (Å²) >= 11 is 0. The van der Waals surface area contributed by atoms with E-state index >= 15 is 0 Å². The molecule has 2 N–H and O–H groups in total. The lowest BCUT2D eigenvalue weighted by Gasteiger charge is -2.40. The van der Waals surface area contributed by atoms with Crippen LogP contribution in [0.3, 0.4) is 0 Å². The van der Waals surface area contributed by atoms with Crippen LogP contribution in [0.5, 0.6) is 0 Å². The molecule has 12 heavy (non-hydrogen) atoms. The maximum absolute atomic E-state index is 10.9. The van der Waals surface area contributed by atoms with Crippen molar-refractivity contribution >= 4 is 5.97 Å². The fourth-order valence-electron chi connectivity index (χ4n) is 1.99. The molecule has 0 aliphatic carbocycles. The van der Waals surface area contributed by atoms with Crippen LogP contribution in [0.4, 0.5) is 0 Å². The quantitative estimate of drug-likeness (QED) is 0.624. The van der Waals surface area contributed by atoms with Crippen molar-refractivity contribution in [3.63, 3.8) is 0 Å². The Morgan fingerprint density at radius 3 is 2.33 bits per heavy atom. The van der Waals surface area contributed by atoms with Crippen molar-refractivity contribution in [2.75, 3.05) is 6.54 Å². The number of nitrogens with one attached hydrogen (secondary N) is 1. The first kappa shape index (κ1) is 9.52. The van der Waals surface area contributed by atoms with E-state index in [-0.39, 0.29) is 5.54 Å². The van der Waals surface area contributed by atoms with Gasteiger partial charge in [-0.15, -0.1) is 0 Å². The molecule has 0 aromatic heterocycles. The van der Waals surface area contributed by atoms with Gasteiger partial charge in [0.15, 0.2) is 0 Å². The Morgan fingerprint density at radius 1 is 1.42 bits per heavy atom. The minimum atomic E-state index is -0.669. The van der Waals surface area contributed by atoms with Gasteiger partial charge in [0.2, 0.25) is 0 Å². The molecule has 1 unspecified atom stereocenters. The van der Waals surface area contributed by atoms with Gasteiger partial charge in [-0.2, -0.15) is 0 Å². The average molecular weight is 171 g/mol. The third-order valence-corrected chi connectivity index (χ3v) is 2.63. The second-order valence-electron chi connectivity index (χ2n) is 4.60. The number of hydrogen-bond acceptors (Lipinski definition) is 2. The van der Waals surface area contributed by atoms with Crippen LogP contribution >= 0.6 is 0 Å².